The average molecular weight is 856 g/mol. The van der Waals surface area contributed by atoms with Crippen molar-refractivity contribution in [1.82, 2.24) is 0 Å². The van der Waals surface area contributed by atoms with Gasteiger partial charge in [-0.2, -0.15) is 0 Å². The van der Waals surface area contributed by atoms with E-state index in [1.807, 2.05) is 11.8 Å². The Kier molecular flexibility index (Phi) is 7.80. The zero-order chi connectivity index (χ0) is 43.3. The van der Waals surface area contributed by atoms with Gasteiger partial charge in [-0.05, 0) is 140 Å². The molecule has 3 heteroatoms. The van der Waals surface area contributed by atoms with Gasteiger partial charge in [-0.15, -0.1) is 0 Å². The second-order valence-corrected chi connectivity index (χ2v) is 25.2. The number of anilines is 3. The number of para-hydroxylation sites is 1. The minimum atomic E-state index is -2.69. The number of hydrogen-bond acceptors (Lipinski definition) is 2. The molecule has 308 valence electrons. The van der Waals surface area contributed by atoms with Crippen molar-refractivity contribution < 1.29 is 0 Å². The lowest BCUT2D eigenvalue weighted by Gasteiger charge is -2.49. The second-order valence-electron chi connectivity index (χ2n) is 20.5. The Morgan fingerprint density at radius 2 is 0.875 bits per heavy atom. The number of fused-ring (bicyclic) bond motifs is 19. The molecule has 0 radical (unpaired) electrons. The number of nitrogens with zero attached hydrogens (tertiary/aromatic N) is 1. The first kappa shape index (κ1) is 38.1. The monoisotopic (exact) mass is 855 g/mol. The molecule has 4 aliphatic rings. The van der Waals surface area contributed by atoms with E-state index in [9.17, 15) is 0 Å². The number of benzene rings is 9. The summed E-state index contributed by atoms with van der Waals surface area (Å²) in [6, 6.07) is 73.5. The van der Waals surface area contributed by atoms with E-state index in [1.54, 1.807) is 0 Å². The van der Waals surface area contributed by atoms with Gasteiger partial charge in [0.25, 0.3) is 0 Å². The summed E-state index contributed by atoms with van der Waals surface area (Å²) in [7, 11) is -2.69. The third-order valence-corrected chi connectivity index (χ3v) is 21.1. The molecule has 2 spiro atoms. The molecule has 0 bridgehead atoms. The minimum Gasteiger partial charge on any atom is -0.310 e. The van der Waals surface area contributed by atoms with Crippen LogP contribution in [0, 0.1) is 0 Å². The molecule has 13 rings (SSSR count). The molecule has 4 aliphatic heterocycles. The lowest BCUT2D eigenvalue weighted by molar-refractivity contribution is 0.579. The highest BCUT2D eigenvalue weighted by molar-refractivity contribution is 7.99. The summed E-state index contributed by atoms with van der Waals surface area (Å²) in [4.78, 5) is 5.28. The Labute approximate surface area is 382 Å². The summed E-state index contributed by atoms with van der Waals surface area (Å²) in [5.41, 5.74) is 16.7. The molecule has 0 atom stereocenters. The standard InChI is InChI=1S/C61H49NSSi/c1-59(2,3)40-27-31-53-49(35-40)61(50-36-41(60(4,5)6)28-32-54(50)63-53)47-22-12-13-23-51(47)62(52-34-39-18-8-7-17-38(39)33-48(52)61)42-29-30-46-45-21-11-16-26-57(45)64(58(46)37-42)55-24-14-9-19-43(55)44-20-10-15-25-56(44)64/h7-37H,1-6H3. The molecule has 0 saturated heterocycles. The van der Waals surface area contributed by atoms with Crippen LogP contribution in [0.3, 0.4) is 0 Å². The first-order valence-electron chi connectivity index (χ1n) is 22.8. The normalized spacial score (nSPS) is 15.5. The molecule has 9 aromatic rings. The maximum absolute atomic E-state index is 2.69. The predicted octanol–water partition coefficient (Wildman–Crippen LogP) is 13.4. The molecule has 0 aliphatic carbocycles. The van der Waals surface area contributed by atoms with Crippen LogP contribution in [0.4, 0.5) is 17.1 Å². The summed E-state index contributed by atoms with van der Waals surface area (Å²) in [6.07, 6.45) is 0. The van der Waals surface area contributed by atoms with Crippen molar-refractivity contribution in [2.75, 3.05) is 4.90 Å². The molecule has 4 heterocycles. The quantitative estimate of drug-likeness (QED) is 0.151. The van der Waals surface area contributed by atoms with Crippen LogP contribution in [0.15, 0.2) is 198 Å². The number of rotatable bonds is 1. The van der Waals surface area contributed by atoms with E-state index in [0.717, 1.165) is 0 Å². The van der Waals surface area contributed by atoms with Crippen LogP contribution in [-0.4, -0.2) is 8.07 Å². The van der Waals surface area contributed by atoms with E-state index in [0.29, 0.717) is 0 Å². The summed E-state index contributed by atoms with van der Waals surface area (Å²) in [6.45, 7) is 14.1. The van der Waals surface area contributed by atoms with Crippen molar-refractivity contribution >= 4 is 68.4 Å². The van der Waals surface area contributed by atoms with Gasteiger partial charge in [-0.1, -0.05) is 199 Å². The van der Waals surface area contributed by atoms with Crippen molar-refractivity contribution in [3.63, 3.8) is 0 Å². The lowest BCUT2D eigenvalue weighted by Crippen LogP contribution is -2.70. The van der Waals surface area contributed by atoms with Crippen LogP contribution in [0.25, 0.3) is 33.0 Å². The van der Waals surface area contributed by atoms with Crippen LogP contribution in [0.2, 0.25) is 0 Å². The molecule has 0 N–H and O–H groups in total. The molecule has 1 nitrogen and oxygen atoms in total. The zero-order valence-corrected chi connectivity index (χ0v) is 39.1. The molecule has 9 aromatic carbocycles. The second kappa shape index (κ2) is 13.1. The van der Waals surface area contributed by atoms with Crippen LogP contribution >= 0.6 is 11.8 Å². The van der Waals surface area contributed by atoms with Crippen molar-refractivity contribution in [3.05, 3.63) is 221 Å². The molecular formula is C61H49NSSi. The van der Waals surface area contributed by atoms with E-state index >= 15 is 0 Å². The Hall–Kier alpha value is -6.39. The van der Waals surface area contributed by atoms with Crippen LogP contribution in [-0.2, 0) is 16.2 Å². The van der Waals surface area contributed by atoms with E-state index in [2.05, 4.69) is 234 Å². The lowest BCUT2D eigenvalue weighted by atomic mass is 9.61. The van der Waals surface area contributed by atoms with Gasteiger partial charge in [0, 0.05) is 15.5 Å². The molecule has 0 unspecified atom stereocenters. The maximum Gasteiger partial charge on any atom is 0.182 e. The fourth-order valence-electron chi connectivity index (χ4n) is 12.1. The van der Waals surface area contributed by atoms with Gasteiger partial charge in [0.05, 0.1) is 16.8 Å². The van der Waals surface area contributed by atoms with Crippen molar-refractivity contribution in [2.45, 2.75) is 67.6 Å². The fourth-order valence-corrected chi connectivity index (χ4v) is 18.9. The maximum atomic E-state index is 2.63. The van der Waals surface area contributed by atoms with Gasteiger partial charge in [0.2, 0.25) is 0 Å². The van der Waals surface area contributed by atoms with E-state index in [-0.39, 0.29) is 10.8 Å². The van der Waals surface area contributed by atoms with Crippen molar-refractivity contribution in [2.24, 2.45) is 0 Å². The van der Waals surface area contributed by atoms with E-state index < -0.39 is 13.5 Å². The molecule has 0 fully saturated rings. The molecule has 64 heavy (non-hydrogen) atoms. The van der Waals surface area contributed by atoms with Gasteiger partial charge in [-0.3, -0.25) is 0 Å². The summed E-state index contributed by atoms with van der Waals surface area (Å²) in [5, 5.41) is 8.49. The molecular weight excluding hydrogens is 807 g/mol. The SMILES string of the molecule is CC(C)(C)c1ccc2c(c1)C1(c3cc(C(C)(C)C)ccc3S2)c2ccccc2N(c2ccc3c(c2)[Si]2(c4ccccc4-c4ccccc42)c2ccccc2-3)c2cc3ccccc3cc21. The fraction of sp³-hybridized carbons (Fsp3) is 0.148. The Morgan fingerprint density at radius 1 is 0.391 bits per heavy atom. The third-order valence-electron chi connectivity index (χ3n) is 15.0. The summed E-state index contributed by atoms with van der Waals surface area (Å²) in [5.74, 6) is 0. The Bertz CT molecular complexity index is 3340. The molecule has 0 saturated carbocycles. The topological polar surface area (TPSA) is 3.24 Å². The van der Waals surface area contributed by atoms with Gasteiger partial charge < -0.3 is 4.90 Å². The molecule has 0 amide bonds. The summed E-state index contributed by atoms with van der Waals surface area (Å²) >= 11 is 1.94. The highest BCUT2D eigenvalue weighted by Gasteiger charge is 2.55. The van der Waals surface area contributed by atoms with Gasteiger partial charge in [0.15, 0.2) is 8.07 Å². The average Bonchev–Trinajstić information content (AvgIpc) is 3.77. The van der Waals surface area contributed by atoms with E-state index in [4.69, 9.17) is 0 Å². The third kappa shape index (κ3) is 4.92. The minimum absolute atomic E-state index is 0.0276. The van der Waals surface area contributed by atoms with Crippen molar-refractivity contribution in [3.8, 4) is 22.3 Å². The molecule has 0 aromatic heterocycles. The first-order valence-corrected chi connectivity index (χ1v) is 25.7. The van der Waals surface area contributed by atoms with E-state index in [1.165, 1.54) is 114 Å². The number of hydrogen-bond donors (Lipinski definition) is 0. The van der Waals surface area contributed by atoms with Gasteiger partial charge in [0.1, 0.15) is 0 Å². The Morgan fingerprint density at radius 3 is 1.44 bits per heavy atom. The zero-order valence-electron chi connectivity index (χ0n) is 37.3. The van der Waals surface area contributed by atoms with Crippen LogP contribution in [0.1, 0.15) is 74.9 Å². The summed E-state index contributed by atoms with van der Waals surface area (Å²) < 4.78 is 0. The van der Waals surface area contributed by atoms with Crippen LogP contribution < -0.4 is 25.6 Å². The highest BCUT2D eigenvalue weighted by Crippen LogP contribution is 2.64. The van der Waals surface area contributed by atoms with Gasteiger partial charge in [-0.25, -0.2) is 0 Å². The smallest absolute Gasteiger partial charge is 0.182 e. The van der Waals surface area contributed by atoms with Crippen molar-refractivity contribution in [1.29, 1.82) is 0 Å². The Balaban J connectivity index is 1.15. The largest absolute Gasteiger partial charge is 0.310 e. The predicted molar refractivity (Wildman–Crippen MR) is 274 cm³/mol. The highest BCUT2D eigenvalue weighted by atomic mass is 32.2. The van der Waals surface area contributed by atoms with Gasteiger partial charge >= 0.3 is 0 Å². The first-order chi connectivity index (χ1) is 31.0. The van der Waals surface area contributed by atoms with Crippen LogP contribution in [0.5, 0.6) is 0 Å².